The Morgan fingerprint density at radius 3 is 2.58 bits per heavy atom. The topological polar surface area (TPSA) is 47.6 Å². The van der Waals surface area contributed by atoms with Crippen LogP contribution in [0.5, 0.6) is 5.75 Å². The second-order valence-corrected chi connectivity index (χ2v) is 5.18. The maximum atomic E-state index is 11.9. The van der Waals surface area contributed by atoms with Crippen LogP contribution in [0.2, 0.25) is 0 Å². The fourth-order valence-corrected chi connectivity index (χ4v) is 2.24. The summed E-state index contributed by atoms with van der Waals surface area (Å²) < 4.78 is 10.9. The van der Waals surface area contributed by atoms with Crippen LogP contribution in [0.15, 0.2) is 22.7 Å². The Bertz CT molecular complexity index is 437. The molecule has 2 unspecified atom stereocenters. The van der Waals surface area contributed by atoms with Gasteiger partial charge in [-0.3, -0.25) is 5.32 Å². The highest BCUT2D eigenvalue weighted by Gasteiger charge is 2.23. The lowest BCUT2D eigenvalue weighted by Crippen LogP contribution is -2.35. The van der Waals surface area contributed by atoms with Crippen LogP contribution in [0.1, 0.15) is 31.9 Å². The molecule has 2 atom stereocenters. The van der Waals surface area contributed by atoms with Gasteiger partial charge in [0.1, 0.15) is 11.8 Å². The molecule has 0 fully saturated rings. The largest absolute Gasteiger partial charge is 0.496 e. The minimum Gasteiger partial charge on any atom is -0.496 e. The summed E-state index contributed by atoms with van der Waals surface area (Å²) in [7, 11) is 3.00. The van der Waals surface area contributed by atoms with E-state index in [1.165, 1.54) is 7.11 Å². The van der Waals surface area contributed by atoms with E-state index in [4.69, 9.17) is 9.47 Å². The van der Waals surface area contributed by atoms with Crippen LogP contribution in [0.3, 0.4) is 0 Å². The van der Waals surface area contributed by atoms with Crippen molar-refractivity contribution in [2.75, 3.05) is 14.2 Å². The summed E-state index contributed by atoms with van der Waals surface area (Å²) >= 11 is 3.43. The molecular weight excluding hydrogens is 310 g/mol. The first-order valence-corrected chi connectivity index (χ1v) is 7.00. The van der Waals surface area contributed by atoms with E-state index in [0.717, 1.165) is 22.2 Å². The fraction of sp³-hybridized carbons (Fsp3) is 0.500. The number of methoxy groups -OCH3 is 2. The highest BCUT2D eigenvalue weighted by Crippen LogP contribution is 2.28. The van der Waals surface area contributed by atoms with Crippen molar-refractivity contribution >= 4 is 21.9 Å². The Morgan fingerprint density at radius 2 is 2.11 bits per heavy atom. The molecule has 1 aromatic carbocycles. The predicted octanol–water partition coefficient (Wildman–Crippen LogP) is 3.06. The molecule has 19 heavy (non-hydrogen) atoms. The monoisotopic (exact) mass is 329 g/mol. The van der Waals surface area contributed by atoms with Crippen LogP contribution >= 0.6 is 15.9 Å². The number of ether oxygens (including phenoxy) is 2. The third-order valence-corrected chi connectivity index (χ3v) is 3.63. The molecule has 0 saturated carbocycles. The lowest BCUT2D eigenvalue weighted by molar-refractivity contribution is -0.143. The van der Waals surface area contributed by atoms with E-state index in [2.05, 4.69) is 28.2 Å². The minimum absolute atomic E-state index is 0.227. The molecule has 106 valence electrons. The van der Waals surface area contributed by atoms with E-state index in [1.54, 1.807) is 7.11 Å². The third kappa shape index (κ3) is 4.21. The number of esters is 1. The van der Waals surface area contributed by atoms with E-state index < -0.39 is 6.04 Å². The molecule has 5 heteroatoms. The second-order valence-electron chi connectivity index (χ2n) is 4.33. The van der Waals surface area contributed by atoms with Crippen molar-refractivity contribution in [3.05, 3.63) is 28.2 Å². The minimum atomic E-state index is -0.470. The van der Waals surface area contributed by atoms with Crippen LogP contribution in [-0.2, 0) is 9.53 Å². The highest BCUT2D eigenvalue weighted by molar-refractivity contribution is 9.10. The Hall–Kier alpha value is -1.07. The Balaban J connectivity index is 3.03. The summed E-state index contributed by atoms with van der Waals surface area (Å²) in [6.07, 6.45) is 0.935. The first-order valence-electron chi connectivity index (χ1n) is 6.20. The van der Waals surface area contributed by atoms with Gasteiger partial charge in [-0.25, -0.2) is 4.79 Å². The molecule has 0 bridgehead atoms. The average molecular weight is 330 g/mol. The summed E-state index contributed by atoms with van der Waals surface area (Å²) in [5.74, 6) is 0.438. The average Bonchev–Trinajstić information content (AvgIpc) is 2.43. The van der Waals surface area contributed by atoms with Gasteiger partial charge in [-0.2, -0.15) is 0 Å². The first kappa shape index (κ1) is 16.0. The van der Waals surface area contributed by atoms with Gasteiger partial charge in [0.05, 0.1) is 18.7 Å². The van der Waals surface area contributed by atoms with Crippen LogP contribution in [-0.4, -0.2) is 26.2 Å². The van der Waals surface area contributed by atoms with E-state index in [-0.39, 0.29) is 12.0 Å². The van der Waals surface area contributed by atoms with E-state index in [1.807, 2.05) is 25.1 Å². The molecule has 0 saturated heterocycles. The van der Waals surface area contributed by atoms with Gasteiger partial charge in [0, 0.05) is 6.04 Å². The molecule has 4 nitrogen and oxygen atoms in total. The van der Waals surface area contributed by atoms with Crippen LogP contribution in [0.4, 0.5) is 0 Å². The maximum Gasteiger partial charge on any atom is 0.327 e. The lowest BCUT2D eigenvalue weighted by Gasteiger charge is -2.21. The number of carbonyl (C=O) groups excluding carboxylic acids is 1. The molecular formula is C14H20BrNO3. The van der Waals surface area contributed by atoms with Crippen LogP contribution in [0, 0.1) is 0 Å². The zero-order valence-corrected chi connectivity index (χ0v) is 13.3. The van der Waals surface area contributed by atoms with Crippen molar-refractivity contribution < 1.29 is 14.3 Å². The van der Waals surface area contributed by atoms with Gasteiger partial charge < -0.3 is 9.47 Å². The van der Waals surface area contributed by atoms with Crippen LogP contribution in [0.25, 0.3) is 0 Å². The van der Waals surface area contributed by atoms with Gasteiger partial charge in [0.15, 0.2) is 0 Å². The molecule has 0 aliphatic heterocycles. The van der Waals surface area contributed by atoms with Gasteiger partial charge in [-0.05, 0) is 47.0 Å². The van der Waals surface area contributed by atoms with Gasteiger partial charge in [-0.1, -0.05) is 13.0 Å². The number of halogens is 1. The normalized spacial score (nSPS) is 13.7. The maximum absolute atomic E-state index is 11.9. The molecule has 0 radical (unpaired) electrons. The number of benzene rings is 1. The quantitative estimate of drug-likeness (QED) is 0.815. The predicted molar refractivity (Wildman–Crippen MR) is 78.3 cm³/mol. The number of nitrogens with one attached hydrogen (secondary N) is 1. The van der Waals surface area contributed by atoms with Crippen LogP contribution < -0.4 is 10.1 Å². The van der Waals surface area contributed by atoms with E-state index >= 15 is 0 Å². The van der Waals surface area contributed by atoms with Gasteiger partial charge in [-0.15, -0.1) is 0 Å². The smallest absolute Gasteiger partial charge is 0.327 e. The molecule has 0 amide bonds. The van der Waals surface area contributed by atoms with Gasteiger partial charge in [0.2, 0.25) is 0 Å². The summed E-state index contributed by atoms with van der Waals surface area (Å²) in [4.78, 5) is 11.9. The van der Waals surface area contributed by atoms with Crippen molar-refractivity contribution in [3.63, 3.8) is 0 Å². The van der Waals surface area contributed by atoms with E-state index in [9.17, 15) is 4.79 Å². The molecule has 0 aromatic heterocycles. The number of rotatable bonds is 6. The molecule has 0 spiro atoms. The van der Waals surface area contributed by atoms with Crippen molar-refractivity contribution in [3.8, 4) is 5.75 Å². The van der Waals surface area contributed by atoms with Crippen molar-refractivity contribution in [2.24, 2.45) is 0 Å². The third-order valence-electron chi connectivity index (χ3n) is 3.01. The van der Waals surface area contributed by atoms with Crippen molar-refractivity contribution in [1.82, 2.24) is 5.32 Å². The molecule has 0 aliphatic carbocycles. The Kier molecular flexibility index (Phi) is 6.31. The van der Waals surface area contributed by atoms with Gasteiger partial charge in [0.25, 0.3) is 0 Å². The van der Waals surface area contributed by atoms with Crippen molar-refractivity contribution in [1.29, 1.82) is 0 Å². The first-order chi connectivity index (χ1) is 9.03. The number of carbonyl (C=O) groups is 1. The SMILES string of the molecule is CCC(C)NC(C(=O)OC)c1ccc(OC)c(Br)c1. The molecule has 1 N–H and O–H groups in total. The zero-order valence-electron chi connectivity index (χ0n) is 11.7. The van der Waals surface area contributed by atoms with Gasteiger partial charge >= 0.3 is 5.97 Å². The standard InChI is InChI=1S/C14H20BrNO3/c1-5-9(2)16-13(14(17)19-4)10-6-7-12(18-3)11(15)8-10/h6-9,13,16H,5H2,1-4H3. The molecule has 0 aliphatic rings. The Labute approximate surface area is 122 Å². The molecule has 1 rings (SSSR count). The van der Waals surface area contributed by atoms with Crippen molar-refractivity contribution in [2.45, 2.75) is 32.4 Å². The lowest BCUT2D eigenvalue weighted by atomic mass is 10.1. The zero-order chi connectivity index (χ0) is 14.4. The Morgan fingerprint density at radius 1 is 1.42 bits per heavy atom. The second kappa shape index (κ2) is 7.50. The fourth-order valence-electron chi connectivity index (χ4n) is 1.68. The number of hydrogen-bond donors (Lipinski definition) is 1. The molecule has 0 heterocycles. The van der Waals surface area contributed by atoms with E-state index in [0.29, 0.717) is 0 Å². The highest BCUT2D eigenvalue weighted by atomic mass is 79.9. The summed E-state index contributed by atoms with van der Waals surface area (Å²) in [6, 6.07) is 5.32. The summed E-state index contributed by atoms with van der Waals surface area (Å²) in [5.41, 5.74) is 0.847. The summed E-state index contributed by atoms with van der Waals surface area (Å²) in [6.45, 7) is 4.10. The summed E-state index contributed by atoms with van der Waals surface area (Å²) in [5, 5.41) is 3.26. The molecule has 1 aromatic rings. The number of hydrogen-bond acceptors (Lipinski definition) is 4.